The number of rotatable bonds is 5. The van der Waals surface area contributed by atoms with E-state index in [0.717, 1.165) is 11.3 Å². The molecule has 0 atom stereocenters. The average Bonchev–Trinajstić information content (AvgIpc) is 2.52. The lowest BCUT2D eigenvalue weighted by Gasteiger charge is -2.04. The molecule has 0 spiro atoms. The summed E-state index contributed by atoms with van der Waals surface area (Å²) < 4.78 is 35.4. The van der Waals surface area contributed by atoms with Crippen LogP contribution in [0.4, 0.5) is 0 Å². The molecule has 0 saturated carbocycles. The van der Waals surface area contributed by atoms with Crippen molar-refractivity contribution in [3.63, 3.8) is 0 Å². The van der Waals surface area contributed by atoms with Gasteiger partial charge in [-0.05, 0) is 13.8 Å². The van der Waals surface area contributed by atoms with Crippen molar-refractivity contribution < 1.29 is 27.3 Å². The van der Waals surface area contributed by atoms with E-state index in [9.17, 15) is 18.0 Å². The molecule has 0 aromatic carbocycles. The first kappa shape index (κ1) is 14.8. The third-order valence-electron chi connectivity index (χ3n) is 2.13. The van der Waals surface area contributed by atoms with Gasteiger partial charge in [0, 0.05) is 10.4 Å². The van der Waals surface area contributed by atoms with Crippen LogP contribution in [0.25, 0.3) is 0 Å². The van der Waals surface area contributed by atoms with Crippen LogP contribution < -0.4 is 0 Å². The molecular weight excluding hydrogens is 280 g/mol. The highest BCUT2D eigenvalue weighted by Crippen LogP contribution is 2.29. The van der Waals surface area contributed by atoms with Gasteiger partial charge in [-0.25, -0.2) is 4.79 Å². The van der Waals surface area contributed by atoms with Gasteiger partial charge in [-0.2, -0.15) is 8.42 Å². The lowest BCUT2D eigenvalue weighted by atomic mass is 10.1. The second-order valence-corrected chi connectivity index (χ2v) is 6.15. The summed E-state index contributed by atoms with van der Waals surface area (Å²) in [5.74, 6) is -1.47. The fourth-order valence-corrected chi connectivity index (χ4v) is 3.24. The van der Waals surface area contributed by atoms with Crippen LogP contribution in [0, 0.1) is 6.92 Å². The van der Waals surface area contributed by atoms with Gasteiger partial charge in [0.25, 0.3) is 10.1 Å². The Labute approximate surface area is 108 Å². The molecule has 100 valence electrons. The van der Waals surface area contributed by atoms with E-state index in [1.54, 1.807) is 13.8 Å². The summed E-state index contributed by atoms with van der Waals surface area (Å²) in [5, 5.41) is 0. The van der Waals surface area contributed by atoms with Gasteiger partial charge in [0.2, 0.25) is 0 Å². The number of carbonyl (C=O) groups excluding carboxylic acids is 2. The van der Waals surface area contributed by atoms with Gasteiger partial charge in [-0.1, -0.05) is 0 Å². The van der Waals surface area contributed by atoms with Gasteiger partial charge in [0.05, 0.1) is 17.0 Å². The van der Waals surface area contributed by atoms with Gasteiger partial charge in [0.15, 0.2) is 6.29 Å². The largest absolute Gasteiger partial charge is 0.462 e. The molecule has 0 aliphatic carbocycles. The Kier molecular flexibility index (Phi) is 4.60. The first-order valence-electron chi connectivity index (χ1n) is 4.99. The van der Waals surface area contributed by atoms with Crippen LogP contribution >= 0.6 is 11.3 Å². The maximum Gasteiger partial charge on any atom is 0.339 e. The predicted octanol–water partition coefficient (Wildman–Crippen LogP) is 1.43. The van der Waals surface area contributed by atoms with E-state index in [2.05, 4.69) is 0 Å². The molecule has 0 saturated heterocycles. The van der Waals surface area contributed by atoms with E-state index in [-0.39, 0.29) is 22.6 Å². The van der Waals surface area contributed by atoms with Gasteiger partial charge in [-0.3, -0.25) is 9.35 Å². The lowest BCUT2D eigenvalue weighted by molar-refractivity contribution is 0.0525. The highest BCUT2D eigenvalue weighted by molar-refractivity contribution is 7.85. The van der Waals surface area contributed by atoms with E-state index in [1.165, 1.54) is 0 Å². The second kappa shape index (κ2) is 5.59. The third kappa shape index (κ3) is 3.37. The van der Waals surface area contributed by atoms with Crippen LogP contribution in [-0.4, -0.2) is 31.8 Å². The first-order valence-corrected chi connectivity index (χ1v) is 7.42. The van der Waals surface area contributed by atoms with Crippen LogP contribution in [0.15, 0.2) is 0 Å². The van der Waals surface area contributed by atoms with Crippen molar-refractivity contribution in [2.45, 2.75) is 19.6 Å². The molecule has 0 unspecified atom stereocenters. The van der Waals surface area contributed by atoms with Gasteiger partial charge in [0.1, 0.15) is 5.75 Å². The van der Waals surface area contributed by atoms with Crippen molar-refractivity contribution in [3.8, 4) is 0 Å². The van der Waals surface area contributed by atoms with E-state index >= 15 is 0 Å². The number of ether oxygens (including phenoxy) is 1. The molecule has 0 radical (unpaired) electrons. The summed E-state index contributed by atoms with van der Waals surface area (Å²) >= 11 is 0.991. The summed E-state index contributed by atoms with van der Waals surface area (Å²) in [4.78, 5) is 23.1. The minimum atomic E-state index is -4.33. The molecule has 6 nitrogen and oxygen atoms in total. The zero-order chi connectivity index (χ0) is 13.9. The Morgan fingerprint density at radius 3 is 2.56 bits per heavy atom. The molecule has 1 rings (SSSR count). The Morgan fingerprint density at radius 2 is 2.11 bits per heavy atom. The SMILES string of the molecule is CCOC(=O)c1c(C)sc(C=O)c1CS(=O)(=O)O. The van der Waals surface area contributed by atoms with Crippen LogP contribution in [-0.2, 0) is 20.6 Å². The average molecular weight is 292 g/mol. The van der Waals surface area contributed by atoms with Gasteiger partial charge < -0.3 is 4.74 Å². The fraction of sp³-hybridized carbons (Fsp3) is 0.400. The fourth-order valence-electron chi connectivity index (χ4n) is 1.50. The van der Waals surface area contributed by atoms with Crippen LogP contribution in [0.2, 0.25) is 0 Å². The summed E-state index contributed by atoms with van der Waals surface area (Å²) in [6.07, 6.45) is 0.459. The number of aldehydes is 1. The molecule has 0 aliphatic rings. The van der Waals surface area contributed by atoms with Gasteiger partial charge in [-0.15, -0.1) is 11.3 Å². The molecular formula is C10H12O6S2. The minimum absolute atomic E-state index is 0.00606. The quantitative estimate of drug-likeness (QED) is 0.501. The second-order valence-electron chi connectivity index (χ2n) is 3.44. The normalized spacial score (nSPS) is 11.3. The predicted molar refractivity (Wildman–Crippen MR) is 65.7 cm³/mol. The minimum Gasteiger partial charge on any atom is -0.462 e. The zero-order valence-electron chi connectivity index (χ0n) is 9.80. The van der Waals surface area contributed by atoms with E-state index in [0.29, 0.717) is 11.2 Å². The molecule has 18 heavy (non-hydrogen) atoms. The molecule has 0 amide bonds. The Hall–Kier alpha value is -1.25. The van der Waals surface area contributed by atoms with Crippen molar-refractivity contribution in [1.82, 2.24) is 0 Å². The monoisotopic (exact) mass is 292 g/mol. The molecule has 8 heteroatoms. The van der Waals surface area contributed by atoms with Crippen molar-refractivity contribution >= 4 is 33.7 Å². The summed E-state index contributed by atoms with van der Waals surface area (Å²) in [6, 6.07) is 0. The highest BCUT2D eigenvalue weighted by Gasteiger charge is 2.25. The molecule has 1 N–H and O–H groups in total. The van der Waals surface area contributed by atoms with Crippen LogP contribution in [0.3, 0.4) is 0 Å². The zero-order valence-corrected chi connectivity index (χ0v) is 11.4. The van der Waals surface area contributed by atoms with Crippen molar-refractivity contribution in [2.75, 3.05) is 6.61 Å². The topological polar surface area (TPSA) is 97.7 Å². The van der Waals surface area contributed by atoms with Crippen molar-refractivity contribution in [3.05, 3.63) is 20.9 Å². The number of thiophene rings is 1. The van der Waals surface area contributed by atoms with Crippen LogP contribution in [0.1, 0.15) is 37.4 Å². The van der Waals surface area contributed by atoms with Crippen molar-refractivity contribution in [2.24, 2.45) is 0 Å². The van der Waals surface area contributed by atoms with Crippen LogP contribution in [0.5, 0.6) is 0 Å². The Bertz CT molecular complexity index is 569. The van der Waals surface area contributed by atoms with Gasteiger partial charge >= 0.3 is 5.97 Å². The molecule has 1 aromatic heterocycles. The highest BCUT2D eigenvalue weighted by atomic mass is 32.2. The Balaban J connectivity index is 3.35. The summed E-state index contributed by atoms with van der Waals surface area (Å²) in [7, 11) is -4.33. The maximum absolute atomic E-state index is 11.7. The molecule has 1 aromatic rings. The van der Waals surface area contributed by atoms with Crippen molar-refractivity contribution in [1.29, 1.82) is 0 Å². The number of esters is 1. The lowest BCUT2D eigenvalue weighted by Crippen LogP contribution is -2.11. The number of carbonyl (C=O) groups is 2. The number of hydrogen-bond donors (Lipinski definition) is 1. The number of hydrogen-bond acceptors (Lipinski definition) is 6. The van der Waals surface area contributed by atoms with E-state index < -0.39 is 21.8 Å². The third-order valence-corrected chi connectivity index (χ3v) is 3.85. The number of aryl methyl sites for hydroxylation is 1. The first-order chi connectivity index (χ1) is 8.30. The maximum atomic E-state index is 11.7. The smallest absolute Gasteiger partial charge is 0.339 e. The summed E-state index contributed by atoms with van der Waals surface area (Å²) in [5.41, 5.74) is 0.0371. The molecule has 1 heterocycles. The Morgan fingerprint density at radius 1 is 1.50 bits per heavy atom. The van der Waals surface area contributed by atoms with E-state index in [4.69, 9.17) is 9.29 Å². The molecule has 0 fully saturated rings. The summed E-state index contributed by atoms with van der Waals surface area (Å²) in [6.45, 7) is 3.33. The molecule has 0 aliphatic heterocycles. The molecule has 0 bridgehead atoms. The van der Waals surface area contributed by atoms with E-state index in [1.807, 2.05) is 0 Å². The standard InChI is InChI=1S/C10H12O6S2/c1-3-16-10(12)9-6(2)17-8(4-11)7(9)5-18(13,14)15/h4H,3,5H2,1-2H3,(H,13,14,15).